The molecule has 1 aromatic heterocycles. The van der Waals surface area contributed by atoms with Crippen LogP contribution in [0.1, 0.15) is 55.1 Å². The highest BCUT2D eigenvalue weighted by molar-refractivity contribution is 7.14. The highest BCUT2D eigenvalue weighted by Crippen LogP contribution is 2.17. The van der Waals surface area contributed by atoms with Crippen LogP contribution >= 0.6 is 11.3 Å². The lowest BCUT2D eigenvalue weighted by atomic mass is 10.2. The normalized spacial score (nSPS) is 10.9. The number of carbonyl (C=O) groups is 3. The Balaban J connectivity index is 2.39. The van der Waals surface area contributed by atoms with Crippen molar-refractivity contribution in [2.75, 3.05) is 6.61 Å². The molecule has 1 rings (SSSR count). The van der Waals surface area contributed by atoms with E-state index in [-0.39, 0.29) is 43.2 Å². The molecule has 128 valence electrons. The van der Waals surface area contributed by atoms with Gasteiger partial charge >= 0.3 is 5.97 Å². The van der Waals surface area contributed by atoms with Crippen molar-refractivity contribution < 1.29 is 19.1 Å². The van der Waals surface area contributed by atoms with Gasteiger partial charge in [-0.3, -0.25) is 14.4 Å². The van der Waals surface area contributed by atoms with Gasteiger partial charge in [0.1, 0.15) is 0 Å². The summed E-state index contributed by atoms with van der Waals surface area (Å²) in [5.41, 5.74) is 0. The quantitative estimate of drug-likeness (QED) is 0.539. The number of ketones is 1. The number of nitrogens with zero attached hydrogens (tertiary/aromatic N) is 1. The van der Waals surface area contributed by atoms with Crippen LogP contribution in [0.3, 0.4) is 0 Å². The zero-order valence-corrected chi connectivity index (χ0v) is 15.2. The number of hydrogen-bond donors (Lipinski definition) is 0. The molecule has 0 aliphatic rings. The second-order valence-electron chi connectivity index (χ2n) is 5.98. The van der Waals surface area contributed by atoms with Crippen molar-refractivity contribution in [1.82, 2.24) is 4.90 Å². The molecule has 0 bridgehead atoms. The van der Waals surface area contributed by atoms with E-state index in [1.54, 1.807) is 11.0 Å². The first kappa shape index (κ1) is 19.4. The van der Waals surface area contributed by atoms with Crippen molar-refractivity contribution in [1.29, 1.82) is 0 Å². The predicted molar refractivity (Wildman–Crippen MR) is 90.7 cm³/mol. The molecule has 0 aromatic carbocycles. The molecule has 0 radical (unpaired) electrons. The van der Waals surface area contributed by atoms with Crippen molar-refractivity contribution >= 4 is 29.0 Å². The smallest absolute Gasteiger partial charge is 0.306 e. The fourth-order valence-electron chi connectivity index (χ4n) is 2.38. The fraction of sp³-hybridized carbons (Fsp3) is 0.588. The SMILES string of the molecule is Cc1ccc(C(=O)CCC(=O)OCC(=O)N(C(C)C)C(C)C)s1. The molecule has 0 unspecified atom stereocenters. The van der Waals surface area contributed by atoms with Crippen LogP contribution in [0, 0.1) is 6.92 Å². The van der Waals surface area contributed by atoms with Gasteiger partial charge in [-0.05, 0) is 46.8 Å². The molecule has 1 heterocycles. The Morgan fingerprint density at radius 3 is 2.17 bits per heavy atom. The fourth-order valence-corrected chi connectivity index (χ4v) is 3.22. The summed E-state index contributed by atoms with van der Waals surface area (Å²) in [5.74, 6) is -0.812. The summed E-state index contributed by atoms with van der Waals surface area (Å²) >= 11 is 1.41. The third-order valence-electron chi connectivity index (χ3n) is 3.33. The van der Waals surface area contributed by atoms with E-state index in [0.29, 0.717) is 4.88 Å². The van der Waals surface area contributed by atoms with Crippen LogP contribution in [-0.2, 0) is 14.3 Å². The standard InChI is InChI=1S/C17H25NO4S/c1-11(2)18(12(3)4)16(20)10-22-17(21)9-7-14(19)15-8-6-13(5)23-15/h6,8,11-12H,7,9-10H2,1-5H3. The Hall–Kier alpha value is -1.69. The minimum Gasteiger partial charge on any atom is -0.456 e. The number of hydrogen-bond acceptors (Lipinski definition) is 5. The van der Waals surface area contributed by atoms with Gasteiger partial charge in [0.15, 0.2) is 12.4 Å². The van der Waals surface area contributed by atoms with Gasteiger partial charge in [0, 0.05) is 23.4 Å². The maximum absolute atomic E-state index is 12.1. The van der Waals surface area contributed by atoms with Crippen molar-refractivity contribution in [2.24, 2.45) is 0 Å². The third kappa shape index (κ3) is 6.14. The number of rotatable bonds is 8. The number of ether oxygens (including phenoxy) is 1. The van der Waals surface area contributed by atoms with E-state index in [1.165, 1.54) is 11.3 Å². The Morgan fingerprint density at radius 1 is 1.09 bits per heavy atom. The lowest BCUT2D eigenvalue weighted by Gasteiger charge is -2.30. The van der Waals surface area contributed by atoms with Crippen molar-refractivity contribution in [3.05, 3.63) is 21.9 Å². The summed E-state index contributed by atoms with van der Waals surface area (Å²) in [6.45, 7) is 9.32. The molecular weight excluding hydrogens is 314 g/mol. The molecular formula is C17H25NO4S. The number of Topliss-reactive ketones (excluding diaryl/α,β-unsaturated/α-hetero) is 1. The van der Waals surface area contributed by atoms with Crippen LogP contribution in [0.2, 0.25) is 0 Å². The van der Waals surface area contributed by atoms with E-state index < -0.39 is 5.97 Å². The van der Waals surface area contributed by atoms with Crippen LogP contribution in [0.4, 0.5) is 0 Å². The van der Waals surface area contributed by atoms with Gasteiger partial charge < -0.3 is 9.64 Å². The zero-order valence-electron chi connectivity index (χ0n) is 14.4. The zero-order chi connectivity index (χ0) is 17.6. The van der Waals surface area contributed by atoms with E-state index in [4.69, 9.17) is 4.74 Å². The van der Waals surface area contributed by atoms with Gasteiger partial charge in [-0.25, -0.2) is 0 Å². The third-order valence-corrected chi connectivity index (χ3v) is 4.37. The summed E-state index contributed by atoms with van der Waals surface area (Å²) in [6, 6.07) is 3.73. The van der Waals surface area contributed by atoms with Gasteiger partial charge in [0.25, 0.3) is 5.91 Å². The second kappa shape index (κ2) is 8.82. The van der Waals surface area contributed by atoms with Gasteiger partial charge in [0.2, 0.25) is 0 Å². The van der Waals surface area contributed by atoms with Crippen molar-refractivity contribution in [3.8, 4) is 0 Å². The van der Waals surface area contributed by atoms with Gasteiger partial charge in [0.05, 0.1) is 11.3 Å². The van der Waals surface area contributed by atoms with Gasteiger partial charge in [-0.15, -0.1) is 11.3 Å². The van der Waals surface area contributed by atoms with Crippen molar-refractivity contribution in [3.63, 3.8) is 0 Å². The average molecular weight is 339 g/mol. The molecule has 0 spiro atoms. The average Bonchev–Trinajstić information content (AvgIpc) is 2.88. The Bertz CT molecular complexity index is 555. The van der Waals surface area contributed by atoms with E-state index in [9.17, 15) is 14.4 Å². The molecule has 6 heteroatoms. The van der Waals surface area contributed by atoms with E-state index in [2.05, 4.69) is 0 Å². The topological polar surface area (TPSA) is 63.7 Å². The van der Waals surface area contributed by atoms with E-state index in [1.807, 2.05) is 40.7 Å². The molecule has 5 nitrogen and oxygen atoms in total. The van der Waals surface area contributed by atoms with Crippen LogP contribution in [0.25, 0.3) is 0 Å². The Kier molecular flexibility index (Phi) is 7.42. The van der Waals surface area contributed by atoms with Crippen LogP contribution in [0.15, 0.2) is 12.1 Å². The predicted octanol–water partition coefficient (Wildman–Crippen LogP) is 3.21. The number of aryl methyl sites for hydroxylation is 1. The summed E-state index contributed by atoms with van der Waals surface area (Å²) in [6.07, 6.45) is 0.0947. The minimum absolute atomic E-state index is 0.00752. The first-order valence-electron chi connectivity index (χ1n) is 7.78. The van der Waals surface area contributed by atoms with Gasteiger partial charge in [-0.2, -0.15) is 0 Å². The lowest BCUT2D eigenvalue weighted by molar-refractivity contribution is -0.153. The Labute approximate surface area is 141 Å². The molecule has 1 aromatic rings. The molecule has 23 heavy (non-hydrogen) atoms. The number of amides is 1. The number of carbonyl (C=O) groups excluding carboxylic acids is 3. The number of thiophene rings is 1. The summed E-state index contributed by atoms with van der Waals surface area (Å²) in [4.78, 5) is 39.1. The molecule has 0 N–H and O–H groups in total. The van der Waals surface area contributed by atoms with Crippen molar-refractivity contribution in [2.45, 2.75) is 59.5 Å². The molecule has 0 saturated heterocycles. The first-order chi connectivity index (χ1) is 10.7. The first-order valence-corrected chi connectivity index (χ1v) is 8.60. The molecule has 0 saturated carbocycles. The summed E-state index contributed by atoms with van der Waals surface area (Å²) in [5, 5.41) is 0. The van der Waals surface area contributed by atoms with Crippen LogP contribution < -0.4 is 0 Å². The molecule has 0 atom stereocenters. The van der Waals surface area contributed by atoms with Crippen LogP contribution in [-0.4, -0.2) is 41.3 Å². The Morgan fingerprint density at radius 2 is 1.70 bits per heavy atom. The second-order valence-corrected chi connectivity index (χ2v) is 7.27. The molecule has 1 amide bonds. The maximum Gasteiger partial charge on any atom is 0.306 e. The number of esters is 1. The lowest BCUT2D eigenvalue weighted by Crippen LogP contribution is -2.44. The molecule has 0 aliphatic heterocycles. The summed E-state index contributed by atoms with van der Waals surface area (Å²) in [7, 11) is 0. The van der Waals surface area contributed by atoms with Gasteiger partial charge in [-0.1, -0.05) is 0 Å². The minimum atomic E-state index is -0.521. The highest BCUT2D eigenvalue weighted by Gasteiger charge is 2.21. The summed E-state index contributed by atoms with van der Waals surface area (Å²) < 4.78 is 5.00. The monoisotopic (exact) mass is 339 g/mol. The highest BCUT2D eigenvalue weighted by atomic mass is 32.1. The van der Waals surface area contributed by atoms with Crippen LogP contribution in [0.5, 0.6) is 0 Å². The molecule has 0 fully saturated rings. The largest absolute Gasteiger partial charge is 0.456 e. The van der Waals surface area contributed by atoms with E-state index >= 15 is 0 Å². The maximum atomic E-state index is 12.1. The molecule has 0 aliphatic carbocycles. The van der Waals surface area contributed by atoms with E-state index in [0.717, 1.165) is 4.88 Å².